The minimum Gasteiger partial charge on any atom is -0.490 e. The van der Waals surface area contributed by atoms with E-state index in [1.165, 1.54) is 0 Å². The average Bonchev–Trinajstić information content (AvgIpc) is 2.27. The van der Waals surface area contributed by atoms with Crippen molar-refractivity contribution < 1.29 is 20.3 Å². The van der Waals surface area contributed by atoms with Crippen LogP contribution in [0.25, 0.3) is 0 Å². The summed E-state index contributed by atoms with van der Waals surface area (Å²) in [6.45, 7) is 5.12. The fourth-order valence-electron chi connectivity index (χ4n) is 1.50. The number of hydrogen-bond donors (Lipinski definition) is 3. The topological polar surface area (TPSA) is 66.3 Å². The van der Waals surface area contributed by atoms with E-state index < -0.39 is 6.10 Å². The summed E-state index contributed by atoms with van der Waals surface area (Å²) < 4.78 is 5.52. The van der Waals surface area contributed by atoms with Gasteiger partial charge in [0, 0.05) is 0 Å². The Labute approximate surface area is 102 Å². The molecule has 0 fully saturated rings. The monoisotopic (exact) mass is 240 g/mol. The van der Waals surface area contributed by atoms with E-state index in [1.807, 2.05) is 36.5 Å². The summed E-state index contributed by atoms with van der Waals surface area (Å²) in [7, 11) is 0. The molecule has 0 spiro atoms. The van der Waals surface area contributed by atoms with Crippen molar-refractivity contribution in [1.82, 2.24) is 0 Å². The van der Waals surface area contributed by atoms with E-state index in [4.69, 9.17) is 9.84 Å². The van der Waals surface area contributed by atoms with Crippen molar-refractivity contribution >= 4 is 0 Å². The van der Waals surface area contributed by atoms with Crippen molar-refractivity contribution in [3.05, 3.63) is 29.8 Å². The molecule has 17 heavy (non-hydrogen) atoms. The number of quaternary nitrogens is 1. The van der Waals surface area contributed by atoms with E-state index >= 15 is 0 Å². The van der Waals surface area contributed by atoms with Gasteiger partial charge in [0.15, 0.2) is 0 Å². The SMILES string of the molecule is Cc1ccccc1OC[C@@H](O)C[NH2+]C[C@@H](C)O. The number of nitrogens with two attached hydrogens (primary N) is 1. The molecule has 0 aliphatic heterocycles. The Morgan fingerprint density at radius 2 is 1.94 bits per heavy atom. The van der Waals surface area contributed by atoms with Crippen molar-refractivity contribution in [1.29, 1.82) is 0 Å². The number of hydrogen-bond acceptors (Lipinski definition) is 3. The molecule has 1 aromatic rings. The molecule has 0 aliphatic carbocycles. The molecule has 96 valence electrons. The number of aliphatic hydroxyl groups excluding tert-OH is 2. The molecule has 0 saturated heterocycles. The van der Waals surface area contributed by atoms with Crippen LogP contribution in [0, 0.1) is 6.92 Å². The highest BCUT2D eigenvalue weighted by Gasteiger charge is 2.09. The van der Waals surface area contributed by atoms with Gasteiger partial charge >= 0.3 is 0 Å². The van der Waals surface area contributed by atoms with Gasteiger partial charge in [-0.25, -0.2) is 0 Å². The number of aliphatic hydroxyl groups is 2. The predicted molar refractivity (Wildman–Crippen MR) is 66.0 cm³/mol. The van der Waals surface area contributed by atoms with E-state index in [-0.39, 0.29) is 12.7 Å². The van der Waals surface area contributed by atoms with Crippen molar-refractivity contribution in [3.63, 3.8) is 0 Å². The van der Waals surface area contributed by atoms with E-state index in [1.54, 1.807) is 6.92 Å². The molecule has 0 bridgehead atoms. The van der Waals surface area contributed by atoms with Gasteiger partial charge in [0.1, 0.15) is 31.5 Å². The van der Waals surface area contributed by atoms with Gasteiger partial charge in [-0.3, -0.25) is 0 Å². The summed E-state index contributed by atoms with van der Waals surface area (Å²) >= 11 is 0. The van der Waals surface area contributed by atoms with Crippen molar-refractivity contribution in [2.45, 2.75) is 26.1 Å². The Morgan fingerprint density at radius 3 is 2.59 bits per heavy atom. The minimum absolute atomic E-state index is 0.279. The molecular formula is C13H22NO3+. The second-order valence-corrected chi connectivity index (χ2v) is 4.34. The van der Waals surface area contributed by atoms with Crippen LogP contribution in [-0.4, -0.2) is 42.1 Å². The van der Waals surface area contributed by atoms with E-state index in [2.05, 4.69) is 0 Å². The second kappa shape index (κ2) is 7.27. The summed E-state index contributed by atoms with van der Waals surface area (Å²) in [5, 5.41) is 20.6. The first-order valence-corrected chi connectivity index (χ1v) is 5.96. The molecule has 1 rings (SSSR count). The summed E-state index contributed by atoms with van der Waals surface area (Å²) in [6, 6.07) is 7.73. The molecule has 0 amide bonds. The van der Waals surface area contributed by atoms with Crippen LogP contribution in [0.3, 0.4) is 0 Å². The third-order valence-electron chi connectivity index (χ3n) is 2.47. The first kappa shape index (κ1) is 14.0. The molecule has 0 aliphatic rings. The number of para-hydroxylation sites is 1. The van der Waals surface area contributed by atoms with Gasteiger partial charge in [0.25, 0.3) is 0 Å². The molecule has 4 heteroatoms. The van der Waals surface area contributed by atoms with Crippen molar-refractivity contribution in [2.24, 2.45) is 0 Å². The maximum atomic E-state index is 9.68. The molecule has 0 heterocycles. The summed E-state index contributed by atoms with van der Waals surface area (Å²) in [4.78, 5) is 0. The van der Waals surface area contributed by atoms with Gasteiger partial charge in [-0.1, -0.05) is 18.2 Å². The largest absolute Gasteiger partial charge is 0.490 e. The first-order valence-electron chi connectivity index (χ1n) is 5.96. The normalized spacial score (nSPS) is 14.4. The van der Waals surface area contributed by atoms with Crippen LogP contribution in [0.15, 0.2) is 24.3 Å². The highest BCUT2D eigenvalue weighted by molar-refractivity contribution is 5.31. The zero-order valence-electron chi connectivity index (χ0n) is 10.5. The Hall–Kier alpha value is -1.10. The number of ether oxygens (including phenoxy) is 1. The highest BCUT2D eigenvalue weighted by atomic mass is 16.5. The van der Waals surface area contributed by atoms with Gasteiger partial charge in [0.2, 0.25) is 0 Å². The van der Waals surface area contributed by atoms with Crippen LogP contribution in [0.4, 0.5) is 0 Å². The van der Waals surface area contributed by atoms with Crippen LogP contribution < -0.4 is 10.1 Å². The van der Waals surface area contributed by atoms with Gasteiger partial charge in [-0.15, -0.1) is 0 Å². The molecule has 2 atom stereocenters. The second-order valence-electron chi connectivity index (χ2n) is 4.34. The average molecular weight is 240 g/mol. The fraction of sp³-hybridized carbons (Fsp3) is 0.538. The van der Waals surface area contributed by atoms with E-state index in [0.717, 1.165) is 11.3 Å². The molecule has 0 radical (unpaired) electrons. The maximum absolute atomic E-state index is 9.68. The highest BCUT2D eigenvalue weighted by Crippen LogP contribution is 2.15. The minimum atomic E-state index is -0.520. The van der Waals surface area contributed by atoms with E-state index in [0.29, 0.717) is 13.1 Å². The zero-order valence-corrected chi connectivity index (χ0v) is 10.5. The quantitative estimate of drug-likeness (QED) is 0.612. The lowest BCUT2D eigenvalue weighted by Gasteiger charge is -2.13. The van der Waals surface area contributed by atoms with Gasteiger partial charge in [0.05, 0.1) is 6.10 Å². The summed E-state index contributed by atoms with van der Waals surface area (Å²) in [5.41, 5.74) is 1.06. The lowest BCUT2D eigenvalue weighted by atomic mass is 10.2. The van der Waals surface area contributed by atoms with Crippen LogP contribution in [0.2, 0.25) is 0 Å². The maximum Gasteiger partial charge on any atom is 0.137 e. The third kappa shape index (κ3) is 5.68. The Kier molecular flexibility index (Phi) is 5.97. The fourth-order valence-corrected chi connectivity index (χ4v) is 1.50. The molecule has 4 nitrogen and oxygen atoms in total. The summed E-state index contributed by atoms with van der Waals surface area (Å²) in [6.07, 6.45) is -0.868. The Morgan fingerprint density at radius 1 is 1.24 bits per heavy atom. The van der Waals surface area contributed by atoms with E-state index in [9.17, 15) is 5.11 Å². The number of rotatable bonds is 7. The standard InChI is InChI=1S/C13H21NO3/c1-10-5-3-4-6-13(10)17-9-12(16)8-14-7-11(2)15/h3-6,11-12,14-16H,7-9H2,1-2H3/p+1/t11-,12+/m1/s1. The lowest BCUT2D eigenvalue weighted by molar-refractivity contribution is -0.666. The zero-order chi connectivity index (χ0) is 12.7. The summed E-state index contributed by atoms with van der Waals surface area (Å²) in [5.74, 6) is 0.807. The van der Waals surface area contributed by atoms with Crippen LogP contribution in [0.5, 0.6) is 5.75 Å². The molecule has 0 saturated carbocycles. The number of aryl methyl sites for hydroxylation is 1. The molecule has 0 aromatic heterocycles. The Bertz CT molecular complexity index is 328. The van der Waals surface area contributed by atoms with Crippen LogP contribution in [0.1, 0.15) is 12.5 Å². The molecule has 4 N–H and O–H groups in total. The van der Waals surface area contributed by atoms with Crippen molar-refractivity contribution in [2.75, 3.05) is 19.7 Å². The smallest absolute Gasteiger partial charge is 0.137 e. The molecule has 0 unspecified atom stereocenters. The van der Waals surface area contributed by atoms with Crippen LogP contribution >= 0.6 is 0 Å². The van der Waals surface area contributed by atoms with Crippen LogP contribution in [-0.2, 0) is 0 Å². The van der Waals surface area contributed by atoms with Gasteiger partial charge in [-0.05, 0) is 25.5 Å². The van der Waals surface area contributed by atoms with Gasteiger partial charge < -0.3 is 20.3 Å². The number of benzene rings is 1. The predicted octanol–water partition coefficient (Wildman–Crippen LogP) is -0.321. The lowest BCUT2D eigenvalue weighted by Crippen LogP contribution is -2.88. The molecular weight excluding hydrogens is 218 g/mol. The van der Waals surface area contributed by atoms with Crippen molar-refractivity contribution in [3.8, 4) is 5.75 Å². The van der Waals surface area contributed by atoms with Gasteiger partial charge in [-0.2, -0.15) is 0 Å². The molecule has 1 aromatic carbocycles. The third-order valence-corrected chi connectivity index (χ3v) is 2.47. The Balaban J connectivity index is 2.24. The first-order chi connectivity index (χ1) is 8.09.